The van der Waals surface area contributed by atoms with Crippen LogP contribution in [-0.2, 0) is 6.54 Å². The van der Waals surface area contributed by atoms with Gasteiger partial charge in [-0.25, -0.2) is 9.97 Å². The maximum Gasteiger partial charge on any atom is 0.205 e. The third-order valence-corrected chi connectivity index (χ3v) is 3.97. The highest BCUT2D eigenvalue weighted by atomic mass is 32.1. The molecule has 1 atom stereocenters. The van der Waals surface area contributed by atoms with Crippen LogP contribution in [0.15, 0.2) is 18.7 Å². The molecule has 3 heterocycles. The summed E-state index contributed by atoms with van der Waals surface area (Å²) in [6.45, 7) is 4.02. The molecule has 5 nitrogen and oxygen atoms in total. The number of imidazole rings is 1. The third-order valence-electron chi connectivity index (χ3n) is 3.12. The topological polar surface area (TPSA) is 46.8 Å². The Balaban J connectivity index is 1.76. The Bertz CT molecular complexity index is 478. The summed E-state index contributed by atoms with van der Waals surface area (Å²) in [5, 5.41) is 1.06. The zero-order chi connectivity index (χ0) is 11.7. The first-order valence-corrected chi connectivity index (χ1v) is 6.63. The molecule has 0 amide bonds. The van der Waals surface area contributed by atoms with Gasteiger partial charge < -0.3 is 9.47 Å². The van der Waals surface area contributed by atoms with E-state index < -0.39 is 0 Å². The maximum atomic E-state index is 4.48. The molecule has 1 unspecified atom stereocenters. The summed E-state index contributed by atoms with van der Waals surface area (Å²) >= 11 is 1.50. The van der Waals surface area contributed by atoms with Crippen LogP contribution in [0.25, 0.3) is 0 Å². The fraction of sp³-hybridized carbons (Fsp3) is 0.545. The van der Waals surface area contributed by atoms with Crippen LogP contribution in [0.3, 0.4) is 0 Å². The molecule has 0 N–H and O–H groups in total. The molecule has 0 saturated carbocycles. The molecule has 1 aliphatic rings. The lowest BCUT2D eigenvalue weighted by molar-refractivity contribution is 0.549. The van der Waals surface area contributed by atoms with Crippen LogP contribution < -0.4 is 4.90 Å². The van der Waals surface area contributed by atoms with E-state index in [1.54, 1.807) is 0 Å². The molecule has 2 aromatic heterocycles. The van der Waals surface area contributed by atoms with E-state index in [1.165, 1.54) is 24.4 Å². The summed E-state index contributed by atoms with van der Waals surface area (Å²) < 4.78 is 6.40. The second-order valence-corrected chi connectivity index (χ2v) is 5.10. The van der Waals surface area contributed by atoms with Crippen LogP contribution in [0.5, 0.6) is 0 Å². The monoisotopic (exact) mass is 249 g/mol. The largest absolute Gasteiger partial charge is 0.342 e. The summed E-state index contributed by atoms with van der Waals surface area (Å²) in [4.78, 5) is 10.9. The van der Waals surface area contributed by atoms with Gasteiger partial charge in [0.15, 0.2) is 0 Å². The van der Waals surface area contributed by atoms with E-state index in [9.17, 15) is 0 Å². The zero-order valence-corrected chi connectivity index (χ0v) is 10.6. The third kappa shape index (κ3) is 2.17. The Morgan fingerprint density at radius 1 is 1.53 bits per heavy atom. The molecule has 17 heavy (non-hydrogen) atoms. The fourth-order valence-electron chi connectivity index (χ4n) is 2.32. The average molecular weight is 249 g/mol. The first-order chi connectivity index (χ1) is 8.33. The molecule has 0 aromatic carbocycles. The van der Waals surface area contributed by atoms with E-state index in [0.717, 1.165) is 24.0 Å². The first-order valence-electron chi connectivity index (χ1n) is 5.85. The van der Waals surface area contributed by atoms with Gasteiger partial charge in [0.25, 0.3) is 0 Å². The molecule has 90 valence electrons. The maximum absolute atomic E-state index is 4.48. The fourth-order valence-corrected chi connectivity index (χ4v) is 3.09. The van der Waals surface area contributed by atoms with Gasteiger partial charge in [-0.2, -0.15) is 4.37 Å². The van der Waals surface area contributed by atoms with Crippen molar-refractivity contribution in [3.63, 3.8) is 0 Å². The van der Waals surface area contributed by atoms with E-state index in [-0.39, 0.29) is 0 Å². The van der Waals surface area contributed by atoms with E-state index in [0.29, 0.717) is 6.04 Å². The average Bonchev–Trinajstić information content (AvgIpc) is 2.99. The first kappa shape index (κ1) is 10.7. The summed E-state index contributed by atoms with van der Waals surface area (Å²) in [5.74, 6) is 0.873. The quantitative estimate of drug-likeness (QED) is 0.831. The normalized spacial score (nSPS) is 20.1. The van der Waals surface area contributed by atoms with Crippen molar-refractivity contribution < 1.29 is 0 Å². The smallest absolute Gasteiger partial charge is 0.205 e. The number of anilines is 1. The number of hydrogen-bond donors (Lipinski definition) is 0. The predicted molar refractivity (Wildman–Crippen MR) is 67.2 cm³/mol. The van der Waals surface area contributed by atoms with Gasteiger partial charge in [0.1, 0.15) is 5.82 Å². The number of nitrogens with zero attached hydrogens (tertiary/aromatic N) is 5. The summed E-state index contributed by atoms with van der Waals surface area (Å²) in [6.07, 6.45) is 8.17. The Morgan fingerprint density at radius 3 is 3.18 bits per heavy atom. The van der Waals surface area contributed by atoms with Crippen LogP contribution >= 0.6 is 11.5 Å². The number of rotatable bonds is 3. The molecule has 1 fully saturated rings. The number of hydrogen-bond acceptors (Lipinski definition) is 5. The van der Waals surface area contributed by atoms with Crippen molar-refractivity contribution in [3.05, 3.63) is 24.5 Å². The Kier molecular flexibility index (Phi) is 2.80. The molecule has 0 radical (unpaired) electrons. The molecule has 0 bridgehead atoms. The standard InChI is InChI=1S/C11H15N5S/c1-9-13-11(17-14-9)16-5-2-3-10(16)7-15-6-4-12-8-15/h4,6,8,10H,2-3,5,7H2,1H3. The Hall–Kier alpha value is -1.43. The summed E-state index contributed by atoms with van der Waals surface area (Å²) in [7, 11) is 0. The molecular formula is C11H15N5S. The van der Waals surface area contributed by atoms with E-state index in [4.69, 9.17) is 0 Å². The van der Waals surface area contributed by atoms with Crippen molar-refractivity contribution >= 4 is 16.7 Å². The van der Waals surface area contributed by atoms with E-state index >= 15 is 0 Å². The van der Waals surface area contributed by atoms with Gasteiger partial charge in [-0.1, -0.05) is 0 Å². The Labute approximate surface area is 104 Å². The lowest BCUT2D eigenvalue weighted by Gasteiger charge is -2.23. The van der Waals surface area contributed by atoms with Gasteiger partial charge in [0.2, 0.25) is 5.13 Å². The van der Waals surface area contributed by atoms with Crippen LogP contribution in [0, 0.1) is 6.92 Å². The van der Waals surface area contributed by atoms with Gasteiger partial charge in [0.05, 0.1) is 6.33 Å². The minimum Gasteiger partial charge on any atom is -0.342 e. The van der Waals surface area contributed by atoms with Gasteiger partial charge in [-0.3, -0.25) is 0 Å². The van der Waals surface area contributed by atoms with Gasteiger partial charge in [-0.15, -0.1) is 0 Å². The zero-order valence-electron chi connectivity index (χ0n) is 9.78. The molecule has 3 rings (SSSR count). The van der Waals surface area contributed by atoms with Crippen molar-refractivity contribution in [3.8, 4) is 0 Å². The second-order valence-electron chi connectivity index (χ2n) is 4.37. The lowest BCUT2D eigenvalue weighted by Crippen LogP contribution is -2.32. The van der Waals surface area contributed by atoms with Crippen molar-refractivity contribution in [2.75, 3.05) is 11.4 Å². The highest BCUT2D eigenvalue weighted by Crippen LogP contribution is 2.27. The molecule has 2 aromatic rings. The minimum absolute atomic E-state index is 0.525. The summed E-state index contributed by atoms with van der Waals surface area (Å²) in [5.41, 5.74) is 0. The number of aryl methyl sites for hydroxylation is 1. The van der Waals surface area contributed by atoms with Crippen molar-refractivity contribution in [2.45, 2.75) is 32.4 Å². The van der Waals surface area contributed by atoms with Crippen LogP contribution in [-0.4, -0.2) is 31.5 Å². The van der Waals surface area contributed by atoms with Gasteiger partial charge in [0, 0.05) is 43.1 Å². The van der Waals surface area contributed by atoms with E-state index in [1.807, 2.05) is 25.6 Å². The molecule has 0 spiro atoms. The van der Waals surface area contributed by atoms with Crippen LogP contribution in [0.2, 0.25) is 0 Å². The van der Waals surface area contributed by atoms with E-state index in [2.05, 4.69) is 23.8 Å². The summed E-state index contributed by atoms with van der Waals surface area (Å²) in [6, 6.07) is 0.525. The SMILES string of the molecule is Cc1nsc(N2CCCC2Cn2ccnc2)n1. The van der Waals surface area contributed by atoms with Crippen LogP contribution in [0.1, 0.15) is 18.7 Å². The molecule has 0 aliphatic carbocycles. The highest BCUT2D eigenvalue weighted by molar-refractivity contribution is 7.09. The van der Waals surface area contributed by atoms with Crippen molar-refractivity contribution in [1.82, 2.24) is 18.9 Å². The van der Waals surface area contributed by atoms with Gasteiger partial charge >= 0.3 is 0 Å². The molecular weight excluding hydrogens is 234 g/mol. The molecule has 1 saturated heterocycles. The van der Waals surface area contributed by atoms with Gasteiger partial charge in [-0.05, 0) is 19.8 Å². The minimum atomic E-state index is 0.525. The molecule has 1 aliphatic heterocycles. The Morgan fingerprint density at radius 2 is 2.47 bits per heavy atom. The van der Waals surface area contributed by atoms with Crippen LogP contribution in [0.4, 0.5) is 5.13 Å². The number of aromatic nitrogens is 4. The predicted octanol–water partition coefficient (Wildman–Crippen LogP) is 1.71. The highest BCUT2D eigenvalue weighted by Gasteiger charge is 2.27. The van der Waals surface area contributed by atoms with Crippen molar-refractivity contribution in [1.29, 1.82) is 0 Å². The second kappa shape index (κ2) is 4.44. The van der Waals surface area contributed by atoms with Crippen molar-refractivity contribution in [2.24, 2.45) is 0 Å². The molecule has 6 heteroatoms. The lowest BCUT2D eigenvalue weighted by atomic mass is 10.2.